The molecule has 1 fully saturated rings. The molecular weight excluding hydrogens is 364 g/mol. The minimum atomic E-state index is -0.643. The summed E-state index contributed by atoms with van der Waals surface area (Å²) in [5, 5.41) is 3.10. The van der Waals surface area contributed by atoms with Gasteiger partial charge in [0.05, 0.1) is 11.7 Å². The second-order valence-corrected chi connectivity index (χ2v) is 7.43. The largest absolute Gasteiger partial charge is 0.343 e. The molecule has 0 bridgehead atoms. The Morgan fingerprint density at radius 1 is 1.00 bits per heavy atom. The molecule has 6 heteroatoms. The predicted octanol–water partition coefficient (Wildman–Crippen LogP) is 3.39. The van der Waals surface area contributed by atoms with Crippen LogP contribution in [0.15, 0.2) is 73.3 Å². The number of amides is 2. The highest BCUT2D eigenvalue weighted by Gasteiger charge is 2.43. The van der Waals surface area contributed by atoms with Crippen LogP contribution in [0.1, 0.15) is 25.3 Å². The van der Waals surface area contributed by atoms with Gasteiger partial charge in [0.25, 0.3) is 0 Å². The SMILES string of the molecule is CC(=O)N1CCC(C(=O)Nc2ccc(-n3ccnc3)cc2)(c2ccccc2)CC1. The number of likely N-dealkylation sites (tertiary alicyclic amines) is 1. The van der Waals surface area contributed by atoms with E-state index >= 15 is 0 Å². The van der Waals surface area contributed by atoms with Gasteiger partial charge in [-0.1, -0.05) is 30.3 Å². The molecule has 0 spiro atoms. The number of aromatic nitrogens is 2. The molecule has 0 radical (unpaired) electrons. The van der Waals surface area contributed by atoms with Gasteiger partial charge in [-0.05, 0) is 42.7 Å². The van der Waals surface area contributed by atoms with Crippen LogP contribution in [0.5, 0.6) is 0 Å². The third kappa shape index (κ3) is 3.78. The molecule has 1 N–H and O–H groups in total. The van der Waals surface area contributed by atoms with Gasteiger partial charge in [0.1, 0.15) is 0 Å². The smallest absolute Gasteiger partial charge is 0.235 e. The van der Waals surface area contributed by atoms with Crippen LogP contribution in [-0.4, -0.2) is 39.4 Å². The van der Waals surface area contributed by atoms with Crippen molar-refractivity contribution >= 4 is 17.5 Å². The fraction of sp³-hybridized carbons (Fsp3) is 0.261. The number of imidazole rings is 1. The lowest BCUT2D eigenvalue weighted by molar-refractivity contribution is -0.133. The zero-order valence-electron chi connectivity index (χ0n) is 16.4. The number of hydrogen-bond acceptors (Lipinski definition) is 3. The highest BCUT2D eigenvalue weighted by Crippen LogP contribution is 2.37. The lowest BCUT2D eigenvalue weighted by Crippen LogP contribution is -2.50. The van der Waals surface area contributed by atoms with Gasteiger partial charge >= 0.3 is 0 Å². The Labute approximate surface area is 170 Å². The third-order valence-corrected chi connectivity index (χ3v) is 5.75. The molecule has 1 aliphatic heterocycles. The second-order valence-electron chi connectivity index (χ2n) is 7.43. The van der Waals surface area contributed by atoms with Crippen LogP contribution in [-0.2, 0) is 15.0 Å². The van der Waals surface area contributed by atoms with Crippen LogP contribution >= 0.6 is 0 Å². The lowest BCUT2D eigenvalue weighted by atomic mass is 9.72. The molecule has 0 unspecified atom stereocenters. The molecule has 0 aliphatic carbocycles. The Kier molecular flexibility index (Phi) is 5.16. The van der Waals surface area contributed by atoms with Gasteiger partial charge in [0.2, 0.25) is 11.8 Å². The van der Waals surface area contributed by atoms with Crippen LogP contribution in [0.25, 0.3) is 5.69 Å². The number of nitrogens with zero attached hydrogens (tertiary/aromatic N) is 3. The van der Waals surface area contributed by atoms with Crippen molar-refractivity contribution in [2.75, 3.05) is 18.4 Å². The van der Waals surface area contributed by atoms with Crippen molar-refractivity contribution in [2.45, 2.75) is 25.2 Å². The van der Waals surface area contributed by atoms with E-state index in [1.165, 1.54) is 0 Å². The van der Waals surface area contributed by atoms with Crippen LogP contribution < -0.4 is 5.32 Å². The molecule has 2 amide bonds. The third-order valence-electron chi connectivity index (χ3n) is 5.75. The van der Waals surface area contributed by atoms with Crippen LogP contribution in [0.3, 0.4) is 0 Å². The van der Waals surface area contributed by atoms with E-state index in [-0.39, 0.29) is 11.8 Å². The van der Waals surface area contributed by atoms with Crippen molar-refractivity contribution in [3.8, 4) is 5.69 Å². The number of carbonyl (C=O) groups excluding carboxylic acids is 2. The first kappa shape index (κ1) is 18.9. The molecule has 1 aliphatic rings. The minimum absolute atomic E-state index is 0.0257. The van der Waals surface area contributed by atoms with E-state index in [0.717, 1.165) is 16.9 Å². The fourth-order valence-corrected chi connectivity index (χ4v) is 3.99. The molecule has 1 aromatic heterocycles. The molecule has 0 saturated carbocycles. The topological polar surface area (TPSA) is 67.2 Å². The molecule has 0 atom stereocenters. The lowest BCUT2D eigenvalue weighted by Gasteiger charge is -2.40. The van der Waals surface area contributed by atoms with Gasteiger partial charge in [-0.2, -0.15) is 0 Å². The monoisotopic (exact) mass is 388 g/mol. The number of nitrogens with one attached hydrogen (secondary N) is 1. The summed E-state index contributed by atoms with van der Waals surface area (Å²) in [6.45, 7) is 2.74. The van der Waals surface area contributed by atoms with Gasteiger partial charge in [-0.15, -0.1) is 0 Å². The number of carbonyl (C=O) groups is 2. The molecular formula is C23H24N4O2. The highest BCUT2D eigenvalue weighted by atomic mass is 16.2. The first-order valence-electron chi connectivity index (χ1n) is 9.79. The van der Waals surface area contributed by atoms with Gasteiger partial charge in [0.15, 0.2) is 0 Å². The van der Waals surface area contributed by atoms with Crippen LogP contribution in [0, 0.1) is 0 Å². The highest BCUT2D eigenvalue weighted by molar-refractivity contribution is 5.99. The maximum absolute atomic E-state index is 13.5. The summed E-state index contributed by atoms with van der Waals surface area (Å²) < 4.78 is 1.91. The average Bonchev–Trinajstić information content (AvgIpc) is 3.30. The quantitative estimate of drug-likeness (QED) is 0.745. The first-order valence-corrected chi connectivity index (χ1v) is 9.79. The molecule has 2 aromatic carbocycles. The van der Waals surface area contributed by atoms with E-state index in [1.54, 1.807) is 19.4 Å². The van der Waals surface area contributed by atoms with Crippen molar-refractivity contribution in [2.24, 2.45) is 0 Å². The van der Waals surface area contributed by atoms with E-state index in [0.29, 0.717) is 25.9 Å². The van der Waals surface area contributed by atoms with Crippen molar-refractivity contribution in [3.63, 3.8) is 0 Å². The number of anilines is 1. The predicted molar refractivity (Wildman–Crippen MR) is 112 cm³/mol. The van der Waals surface area contributed by atoms with Gasteiger partial charge in [0, 0.05) is 43.8 Å². The Morgan fingerprint density at radius 2 is 1.69 bits per heavy atom. The van der Waals surface area contributed by atoms with Gasteiger partial charge < -0.3 is 14.8 Å². The molecule has 4 rings (SSSR count). The van der Waals surface area contributed by atoms with Crippen molar-refractivity contribution in [1.82, 2.24) is 14.5 Å². The number of rotatable bonds is 4. The van der Waals surface area contributed by atoms with E-state index in [9.17, 15) is 9.59 Å². The van der Waals surface area contributed by atoms with E-state index in [4.69, 9.17) is 0 Å². The first-order chi connectivity index (χ1) is 14.1. The van der Waals surface area contributed by atoms with E-state index in [1.807, 2.05) is 70.3 Å². The minimum Gasteiger partial charge on any atom is -0.343 e. The summed E-state index contributed by atoms with van der Waals surface area (Å²) in [4.78, 5) is 31.1. The summed E-state index contributed by atoms with van der Waals surface area (Å²) in [7, 11) is 0. The molecule has 29 heavy (non-hydrogen) atoms. The Hall–Kier alpha value is -3.41. The molecule has 6 nitrogen and oxygen atoms in total. The molecule has 2 heterocycles. The van der Waals surface area contributed by atoms with E-state index in [2.05, 4.69) is 10.3 Å². The van der Waals surface area contributed by atoms with Crippen molar-refractivity contribution < 1.29 is 9.59 Å². The molecule has 148 valence electrons. The second kappa shape index (κ2) is 7.91. The fourth-order valence-electron chi connectivity index (χ4n) is 3.99. The van der Waals surface area contributed by atoms with Gasteiger partial charge in [-0.25, -0.2) is 4.98 Å². The Balaban J connectivity index is 1.57. The zero-order valence-corrected chi connectivity index (χ0v) is 16.4. The Morgan fingerprint density at radius 3 is 2.28 bits per heavy atom. The zero-order chi connectivity index (χ0) is 20.3. The van der Waals surface area contributed by atoms with Crippen molar-refractivity contribution in [1.29, 1.82) is 0 Å². The van der Waals surface area contributed by atoms with Gasteiger partial charge in [-0.3, -0.25) is 9.59 Å². The maximum Gasteiger partial charge on any atom is 0.235 e. The molecule has 3 aromatic rings. The van der Waals surface area contributed by atoms with Crippen LogP contribution in [0.2, 0.25) is 0 Å². The number of benzene rings is 2. The number of hydrogen-bond donors (Lipinski definition) is 1. The molecule has 1 saturated heterocycles. The average molecular weight is 388 g/mol. The standard InChI is InChI=1S/C23H24N4O2/c1-18(28)26-14-11-23(12-15-26,19-5-3-2-4-6-19)22(29)25-20-7-9-21(10-8-20)27-16-13-24-17-27/h2-10,13,16-17H,11-12,14-15H2,1H3,(H,25,29). The number of piperidine rings is 1. The summed E-state index contributed by atoms with van der Waals surface area (Å²) in [6, 6.07) is 17.6. The summed E-state index contributed by atoms with van der Waals surface area (Å²) in [6.07, 6.45) is 6.55. The summed E-state index contributed by atoms with van der Waals surface area (Å²) >= 11 is 0. The maximum atomic E-state index is 13.5. The van der Waals surface area contributed by atoms with Crippen molar-refractivity contribution in [3.05, 3.63) is 78.9 Å². The Bertz CT molecular complexity index is 973. The van der Waals surface area contributed by atoms with Crippen LogP contribution in [0.4, 0.5) is 5.69 Å². The normalized spacial score (nSPS) is 15.7. The summed E-state index contributed by atoms with van der Waals surface area (Å²) in [5.74, 6) is 0.0319. The summed E-state index contributed by atoms with van der Waals surface area (Å²) in [5.41, 5.74) is 2.09. The van der Waals surface area contributed by atoms with E-state index < -0.39 is 5.41 Å².